The molecule has 0 aliphatic carbocycles. The number of hydrogen-bond donors (Lipinski definition) is 1. The van der Waals surface area contributed by atoms with Gasteiger partial charge in [0.1, 0.15) is 12.4 Å². The van der Waals surface area contributed by atoms with Crippen molar-refractivity contribution in [3.63, 3.8) is 0 Å². The highest BCUT2D eigenvalue weighted by molar-refractivity contribution is 5.66. The van der Waals surface area contributed by atoms with Crippen molar-refractivity contribution in [2.75, 3.05) is 6.61 Å². The maximum atomic E-state index is 10.4. The lowest BCUT2D eigenvalue weighted by Crippen LogP contribution is -1.96. The molecule has 3 nitrogen and oxygen atoms in total. The molecule has 1 rings (SSSR count). The van der Waals surface area contributed by atoms with Gasteiger partial charge in [-0.1, -0.05) is 18.1 Å². The SMILES string of the molecule is CC#CCOc1ccc(CCCC(=O)O)cc1. The van der Waals surface area contributed by atoms with Crippen LogP contribution >= 0.6 is 0 Å². The molecule has 0 unspecified atom stereocenters. The number of hydrogen-bond acceptors (Lipinski definition) is 2. The molecule has 0 fully saturated rings. The molecule has 0 amide bonds. The van der Waals surface area contributed by atoms with Gasteiger partial charge in [-0.05, 0) is 37.5 Å². The van der Waals surface area contributed by atoms with Gasteiger partial charge >= 0.3 is 5.97 Å². The normalized spacial score (nSPS) is 9.24. The van der Waals surface area contributed by atoms with E-state index in [0.29, 0.717) is 13.0 Å². The molecule has 1 aromatic rings. The lowest BCUT2D eigenvalue weighted by Gasteiger charge is -2.04. The van der Waals surface area contributed by atoms with Crippen molar-refractivity contribution in [2.45, 2.75) is 26.2 Å². The van der Waals surface area contributed by atoms with Crippen molar-refractivity contribution in [3.05, 3.63) is 29.8 Å². The summed E-state index contributed by atoms with van der Waals surface area (Å²) in [6.45, 7) is 2.17. The molecule has 0 saturated heterocycles. The highest BCUT2D eigenvalue weighted by Gasteiger charge is 1.99. The summed E-state index contributed by atoms with van der Waals surface area (Å²) in [5, 5.41) is 8.52. The minimum atomic E-state index is -0.747. The van der Waals surface area contributed by atoms with Gasteiger partial charge in [-0.15, -0.1) is 5.92 Å². The van der Waals surface area contributed by atoms with Crippen LogP contribution in [0.25, 0.3) is 0 Å². The van der Waals surface area contributed by atoms with Gasteiger partial charge in [0.2, 0.25) is 0 Å². The molecule has 1 aromatic carbocycles. The Morgan fingerprint density at radius 2 is 2.06 bits per heavy atom. The molecule has 0 saturated carbocycles. The van der Waals surface area contributed by atoms with Crippen molar-refractivity contribution < 1.29 is 14.6 Å². The third-order valence-electron chi connectivity index (χ3n) is 2.27. The number of aliphatic carboxylic acids is 1. The van der Waals surface area contributed by atoms with Gasteiger partial charge in [0.25, 0.3) is 0 Å². The van der Waals surface area contributed by atoms with E-state index in [9.17, 15) is 4.79 Å². The molecule has 3 heteroatoms. The van der Waals surface area contributed by atoms with Gasteiger partial charge in [0.15, 0.2) is 0 Å². The first kappa shape index (κ1) is 13.1. The Labute approximate surface area is 101 Å². The van der Waals surface area contributed by atoms with E-state index >= 15 is 0 Å². The van der Waals surface area contributed by atoms with Gasteiger partial charge in [0.05, 0.1) is 0 Å². The fraction of sp³-hybridized carbons (Fsp3) is 0.357. The Morgan fingerprint density at radius 3 is 2.65 bits per heavy atom. The zero-order valence-electron chi connectivity index (χ0n) is 9.90. The van der Waals surface area contributed by atoms with Crippen molar-refractivity contribution in [1.82, 2.24) is 0 Å². The lowest BCUT2D eigenvalue weighted by atomic mass is 10.1. The zero-order valence-corrected chi connectivity index (χ0v) is 9.90. The number of aryl methyl sites for hydroxylation is 1. The summed E-state index contributed by atoms with van der Waals surface area (Å²) in [6, 6.07) is 7.67. The number of carbonyl (C=O) groups is 1. The Kier molecular flexibility index (Phi) is 5.67. The summed E-state index contributed by atoms with van der Waals surface area (Å²) < 4.78 is 5.38. The van der Waals surface area contributed by atoms with E-state index in [0.717, 1.165) is 17.7 Å². The van der Waals surface area contributed by atoms with Gasteiger partial charge in [0, 0.05) is 6.42 Å². The van der Waals surface area contributed by atoms with E-state index in [1.54, 1.807) is 6.92 Å². The summed E-state index contributed by atoms with van der Waals surface area (Å²) in [4.78, 5) is 10.4. The van der Waals surface area contributed by atoms with Crippen molar-refractivity contribution in [2.24, 2.45) is 0 Å². The van der Waals surface area contributed by atoms with Gasteiger partial charge < -0.3 is 9.84 Å². The van der Waals surface area contributed by atoms with E-state index in [-0.39, 0.29) is 6.42 Å². The maximum Gasteiger partial charge on any atom is 0.303 e. The molecule has 90 valence electrons. The number of carboxylic acid groups (broad SMARTS) is 1. The lowest BCUT2D eigenvalue weighted by molar-refractivity contribution is -0.137. The summed E-state index contributed by atoms with van der Waals surface area (Å²) in [6.07, 6.45) is 1.66. The third kappa shape index (κ3) is 5.62. The molecule has 17 heavy (non-hydrogen) atoms. The first-order valence-electron chi connectivity index (χ1n) is 5.55. The number of benzene rings is 1. The van der Waals surface area contributed by atoms with E-state index < -0.39 is 5.97 Å². The van der Waals surface area contributed by atoms with Crippen LogP contribution in [0.3, 0.4) is 0 Å². The zero-order chi connectivity index (χ0) is 12.5. The third-order valence-corrected chi connectivity index (χ3v) is 2.27. The second-order valence-corrected chi connectivity index (χ2v) is 3.61. The standard InChI is InChI=1S/C14H16O3/c1-2-3-11-17-13-9-7-12(8-10-13)5-4-6-14(15)16/h7-10H,4-6,11H2,1H3,(H,15,16). The average Bonchev–Trinajstić information content (AvgIpc) is 2.31. The molecule has 0 aromatic heterocycles. The first-order chi connectivity index (χ1) is 8.22. The maximum absolute atomic E-state index is 10.4. The first-order valence-corrected chi connectivity index (χ1v) is 5.55. The summed E-state index contributed by atoms with van der Waals surface area (Å²) in [5.41, 5.74) is 1.13. The van der Waals surface area contributed by atoms with Crippen LogP contribution in [-0.4, -0.2) is 17.7 Å². The summed E-state index contributed by atoms with van der Waals surface area (Å²) in [7, 11) is 0. The Balaban J connectivity index is 2.38. The Morgan fingerprint density at radius 1 is 1.35 bits per heavy atom. The van der Waals surface area contributed by atoms with E-state index in [1.807, 2.05) is 24.3 Å². The molecular weight excluding hydrogens is 216 g/mol. The van der Waals surface area contributed by atoms with Crippen LogP contribution < -0.4 is 4.74 Å². The van der Waals surface area contributed by atoms with E-state index in [2.05, 4.69) is 11.8 Å². The second-order valence-electron chi connectivity index (χ2n) is 3.61. The molecule has 0 spiro atoms. The highest BCUT2D eigenvalue weighted by atomic mass is 16.5. The van der Waals surface area contributed by atoms with Crippen LogP contribution in [0.2, 0.25) is 0 Å². The predicted octanol–water partition coefficient (Wildman–Crippen LogP) is 2.50. The van der Waals surface area contributed by atoms with Crippen LogP contribution in [-0.2, 0) is 11.2 Å². The average molecular weight is 232 g/mol. The Hall–Kier alpha value is -1.95. The fourth-order valence-electron chi connectivity index (χ4n) is 1.39. The molecule has 0 atom stereocenters. The minimum Gasteiger partial charge on any atom is -0.481 e. The van der Waals surface area contributed by atoms with Gasteiger partial charge in [-0.25, -0.2) is 0 Å². The molecule has 0 aliphatic rings. The fourth-order valence-corrected chi connectivity index (χ4v) is 1.39. The smallest absolute Gasteiger partial charge is 0.303 e. The second kappa shape index (κ2) is 7.34. The Bertz CT molecular complexity index is 409. The van der Waals surface area contributed by atoms with Crippen LogP contribution in [0.1, 0.15) is 25.3 Å². The summed E-state index contributed by atoms with van der Waals surface area (Å²) >= 11 is 0. The molecule has 1 N–H and O–H groups in total. The van der Waals surface area contributed by atoms with Crippen molar-refractivity contribution in [1.29, 1.82) is 0 Å². The number of ether oxygens (including phenoxy) is 1. The van der Waals surface area contributed by atoms with Crippen LogP contribution in [0.4, 0.5) is 0 Å². The predicted molar refractivity (Wildman–Crippen MR) is 66.0 cm³/mol. The highest BCUT2D eigenvalue weighted by Crippen LogP contribution is 2.13. The topological polar surface area (TPSA) is 46.5 Å². The minimum absolute atomic E-state index is 0.213. The number of rotatable bonds is 6. The van der Waals surface area contributed by atoms with Gasteiger partial charge in [-0.3, -0.25) is 4.79 Å². The van der Waals surface area contributed by atoms with Crippen molar-refractivity contribution in [3.8, 4) is 17.6 Å². The van der Waals surface area contributed by atoms with Crippen molar-refractivity contribution >= 4 is 5.97 Å². The van der Waals surface area contributed by atoms with E-state index in [4.69, 9.17) is 9.84 Å². The summed E-state index contributed by atoms with van der Waals surface area (Å²) in [5.74, 6) is 5.62. The van der Waals surface area contributed by atoms with Crippen LogP contribution in [0, 0.1) is 11.8 Å². The van der Waals surface area contributed by atoms with Gasteiger partial charge in [-0.2, -0.15) is 0 Å². The van der Waals surface area contributed by atoms with E-state index in [1.165, 1.54) is 0 Å². The monoisotopic (exact) mass is 232 g/mol. The molecular formula is C14H16O3. The van der Waals surface area contributed by atoms with Crippen LogP contribution in [0.5, 0.6) is 5.75 Å². The van der Waals surface area contributed by atoms with Crippen LogP contribution in [0.15, 0.2) is 24.3 Å². The molecule has 0 aliphatic heterocycles. The molecule has 0 bridgehead atoms. The quantitative estimate of drug-likeness (QED) is 0.766. The molecule has 0 radical (unpaired) electrons. The largest absolute Gasteiger partial charge is 0.481 e. The molecule has 0 heterocycles. The number of carboxylic acids is 1.